The molecule has 0 aliphatic rings. The molecule has 0 saturated heterocycles. The number of rotatable bonds is 9. The average Bonchev–Trinajstić information content (AvgIpc) is 2.15. The van der Waals surface area contributed by atoms with Crippen LogP contribution in [0.3, 0.4) is 0 Å². The summed E-state index contributed by atoms with van der Waals surface area (Å²) in [6.07, 6.45) is 2.31. The Bertz CT molecular complexity index is 195. The molecule has 0 bridgehead atoms. The number of amides is 1. The minimum absolute atomic E-state index is 0.231. The third kappa shape index (κ3) is 7.65. The maximum atomic E-state index is 11.1. The molecule has 0 spiro atoms. The molecule has 0 aromatic carbocycles. The molecule has 0 aliphatic carbocycles. The SMILES string of the molecule is CCCC(C)COCC(NC(C)C)C(N)=O. The van der Waals surface area contributed by atoms with E-state index >= 15 is 0 Å². The van der Waals surface area contributed by atoms with Gasteiger partial charge >= 0.3 is 0 Å². The normalized spacial score (nSPS) is 15.1. The summed E-state index contributed by atoms with van der Waals surface area (Å²) >= 11 is 0. The van der Waals surface area contributed by atoms with Crippen molar-refractivity contribution in [1.82, 2.24) is 5.32 Å². The lowest BCUT2D eigenvalue weighted by Gasteiger charge is -2.19. The third-order valence-corrected chi connectivity index (χ3v) is 2.35. The maximum Gasteiger partial charge on any atom is 0.236 e. The largest absolute Gasteiger partial charge is 0.379 e. The summed E-state index contributed by atoms with van der Waals surface area (Å²) in [6.45, 7) is 9.33. The number of carbonyl (C=O) groups is 1. The van der Waals surface area contributed by atoms with Crippen LogP contribution in [0.1, 0.15) is 40.5 Å². The summed E-state index contributed by atoms with van der Waals surface area (Å²) in [6, 6.07) is -0.150. The van der Waals surface area contributed by atoms with E-state index in [-0.39, 0.29) is 18.0 Å². The first-order chi connectivity index (χ1) is 7.47. The number of nitrogens with two attached hydrogens (primary N) is 1. The molecule has 1 amide bonds. The molecule has 0 heterocycles. The van der Waals surface area contributed by atoms with E-state index < -0.39 is 0 Å². The second kappa shape index (κ2) is 8.53. The number of carbonyl (C=O) groups excluding carboxylic acids is 1. The van der Waals surface area contributed by atoms with E-state index in [9.17, 15) is 4.79 Å². The quantitative estimate of drug-likeness (QED) is 0.627. The van der Waals surface area contributed by atoms with Gasteiger partial charge in [-0.15, -0.1) is 0 Å². The smallest absolute Gasteiger partial charge is 0.236 e. The summed E-state index contributed by atoms with van der Waals surface area (Å²) in [7, 11) is 0. The minimum Gasteiger partial charge on any atom is -0.379 e. The van der Waals surface area contributed by atoms with Crippen LogP contribution in [-0.4, -0.2) is 31.2 Å². The number of ether oxygens (including phenoxy) is 1. The van der Waals surface area contributed by atoms with Gasteiger partial charge in [0.2, 0.25) is 5.91 Å². The van der Waals surface area contributed by atoms with Gasteiger partial charge in [-0.25, -0.2) is 0 Å². The molecule has 0 fully saturated rings. The van der Waals surface area contributed by atoms with Crippen LogP contribution in [0.25, 0.3) is 0 Å². The van der Waals surface area contributed by atoms with Crippen molar-refractivity contribution in [2.24, 2.45) is 11.7 Å². The van der Waals surface area contributed by atoms with Crippen molar-refractivity contribution < 1.29 is 9.53 Å². The highest BCUT2D eigenvalue weighted by Gasteiger charge is 2.16. The molecule has 96 valence electrons. The summed E-state index contributed by atoms with van der Waals surface area (Å²) in [5.41, 5.74) is 5.28. The molecular formula is C12H26N2O2. The lowest BCUT2D eigenvalue weighted by atomic mass is 10.1. The van der Waals surface area contributed by atoms with Crippen molar-refractivity contribution in [3.8, 4) is 0 Å². The Morgan fingerprint density at radius 2 is 1.94 bits per heavy atom. The summed E-state index contributed by atoms with van der Waals surface area (Å²) in [4.78, 5) is 11.1. The molecule has 0 rings (SSSR count). The van der Waals surface area contributed by atoms with Gasteiger partial charge in [0.05, 0.1) is 6.61 Å². The van der Waals surface area contributed by atoms with Crippen LogP contribution < -0.4 is 11.1 Å². The number of primary amides is 1. The fourth-order valence-electron chi connectivity index (χ4n) is 1.58. The van der Waals surface area contributed by atoms with E-state index in [4.69, 9.17) is 10.5 Å². The van der Waals surface area contributed by atoms with Crippen molar-refractivity contribution in [3.05, 3.63) is 0 Å². The number of hydrogen-bond acceptors (Lipinski definition) is 3. The second-order valence-corrected chi connectivity index (χ2v) is 4.71. The monoisotopic (exact) mass is 230 g/mol. The molecule has 0 aromatic heterocycles. The first kappa shape index (κ1) is 15.4. The van der Waals surface area contributed by atoms with E-state index in [2.05, 4.69) is 19.2 Å². The first-order valence-corrected chi connectivity index (χ1v) is 6.10. The Labute approximate surface area is 98.9 Å². The second-order valence-electron chi connectivity index (χ2n) is 4.71. The van der Waals surface area contributed by atoms with Crippen LogP contribution in [0.2, 0.25) is 0 Å². The minimum atomic E-state index is -0.381. The highest BCUT2D eigenvalue weighted by molar-refractivity contribution is 5.80. The van der Waals surface area contributed by atoms with Crippen molar-refractivity contribution >= 4 is 5.91 Å². The van der Waals surface area contributed by atoms with Crippen molar-refractivity contribution in [2.75, 3.05) is 13.2 Å². The molecule has 0 aromatic rings. The van der Waals surface area contributed by atoms with E-state index in [1.807, 2.05) is 13.8 Å². The molecule has 3 N–H and O–H groups in total. The summed E-state index contributed by atoms with van der Waals surface area (Å²) < 4.78 is 5.51. The maximum absolute atomic E-state index is 11.1. The first-order valence-electron chi connectivity index (χ1n) is 6.10. The molecular weight excluding hydrogens is 204 g/mol. The predicted molar refractivity (Wildman–Crippen MR) is 66.1 cm³/mol. The van der Waals surface area contributed by atoms with Gasteiger partial charge in [0.25, 0.3) is 0 Å². The lowest BCUT2D eigenvalue weighted by Crippen LogP contribution is -2.47. The molecule has 16 heavy (non-hydrogen) atoms. The van der Waals surface area contributed by atoms with E-state index in [0.29, 0.717) is 19.1 Å². The fraction of sp³-hybridized carbons (Fsp3) is 0.917. The number of hydrogen-bond donors (Lipinski definition) is 2. The van der Waals surface area contributed by atoms with Crippen molar-refractivity contribution in [1.29, 1.82) is 0 Å². The molecule has 2 atom stereocenters. The van der Waals surface area contributed by atoms with Crippen molar-refractivity contribution in [2.45, 2.75) is 52.6 Å². The van der Waals surface area contributed by atoms with Gasteiger partial charge in [-0.2, -0.15) is 0 Å². The topological polar surface area (TPSA) is 64.3 Å². The zero-order chi connectivity index (χ0) is 12.6. The molecule has 2 unspecified atom stereocenters. The summed E-state index contributed by atoms with van der Waals surface area (Å²) in [5, 5.41) is 3.09. The standard InChI is InChI=1S/C12H26N2O2/c1-5-6-10(4)7-16-8-11(12(13)15)14-9(2)3/h9-11,14H,5-8H2,1-4H3,(H2,13,15). The molecule has 4 nitrogen and oxygen atoms in total. The molecule has 4 heteroatoms. The highest BCUT2D eigenvalue weighted by Crippen LogP contribution is 2.05. The lowest BCUT2D eigenvalue weighted by molar-refractivity contribution is -0.121. The Morgan fingerprint density at radius 3 is 2.38 bits per heavy atom. The van der Waals surface area contributed by atoms with E-state index in [1.54, 1.807) is 0 Å². The average molecular weight is 230 g/mol. The van der Waals surface area contributed by atoms with Crippen LogP contribution in [0.15, 0.2) is 0 Å². The van der Waals surface area contributed by atoms with Gasteiger partial charge in [0.15, 0.2) is 0 Å². The summed E-state index contributed by atoms with van der Waals surface area (Å²) in [5.74, 6) is 0.189. The van der Waals surface area contributed by atoms with Crippen LogP contribution in [0.5, 0.6) is 0 Å². The zero-order valence-electron chi connectivity index (χ0n) is 11.0. The fourth-order valence-corrected chi connectivity index (χ4v) is 1.58. The zero-order valence-corrected chi connectivity index (χ0v) is 11.0. The highest BCUT2D eigenvalue weighted by atomic mass is 16.5. The van der Waals surface area contributed by atoms with Gasteiger partial charge in [0.1, 0.15) is 6.04 Å². The van der Waals surface area contributed by atoms with Crippen LogP contribution in [-0.2, 0) is 9.53 Å². The Hall–Kier alpha value is -0.610. The molecule has 0 aliphatic heterocycles. The number of nitrogens with one attached hydrogen (secondary N) is 1. The van der Waals surface area contributed by atoms with Gasteiger partial charge in [-0.05, 0) is 12.3 Å². The van der Waals surface area contributed by atoms with Gasteiger partial charge in [-0.1, -0.05) is 34.1 Å². The van der Waals surface area contributed by atoms with Crippen molar-refractivity contribution in [3.63, 3.8) is 0 Å². The van der Waals surface area contributed by atoms with Crippen LogP contribution >= 0.6 is 0 Å². The van der Waals surface area contributed by atoms with Gasteiger partial charge in [0, 0.05) is 12.6 Å². The van der Waals surface area contributed by atoms with Gasteiger partial charge in [-0.3, -0.25) is 4.79 Å². The van der Waals surface area contributed by atoms with Crippen LogP contribution in [0.4, 0.5) is 0 Å². The van der Waals surface area contributed by atoms with Crippen LogP contribution in [0, 0.1) is 5.92 Å². The Balaban J connectivity index is 3.80. The van der Waals surface area contributed by atoms with Gasteiger partial charge < -0.3 is 15.8 Å². The third-order valence-electron chi connectivity index (χ3n) is 2.35. The van der Waals surface area contributed by atoms with E-state index in [0.717, 1.165) is 12.8 Å². The molecule has 0 saturated carbocycles. The van der Waals surface area contributed by atoms with E-state index in [1.165, 1.54) is 0 Å². The molecule has 0 radical (unpaired) electrons. The Kier molecular flexibility index (Phi) is 8.21. The Morgan fingerprint density at radius 1 is 1.31 bits per heavy atom. The predicted octanol–water partition coefficient (Wildman–Crippen LogP) is 1.29.